The number of rotatable bonds is 7. The molecular formula is C19H24N6O2. The summed E-state index contributed by atoms with van der Waals surface area (Å²) in [6.45, 7) is 8.08. The van der Waals surface area contributed by atoms with E-state index in [0.29, 0.717) is 31.3 Å². The van der Waals surface area contributed by atoms with Crippen molar-refractivity contribution in [2.45, 2.75) is 6.54 Å². The molecule has 1 aromatic carbocycles. The zero-order valence-corrected chi connectivity index (χ0v) is 15.5. The van der Waals surface area contributed by atoms with E-state index in [2.05, 4.69) is 33.6 Å². The van der Waals surface area contributed by atoms with Gasteiger partial charge in [-0.1, -0.05) is 36.4 Å². The van der Waals surface area contributed by atoms with Gasteiger partial charge in [0, 0.05) is 46.3 Å². The number of anilines is 2. The molecule has 0 unspecified atom stereocenters. The van der Waals surface area contributed by atoms with Gasteiger partial charge in [0.15, 0.2) is 0 Å². The van der Waals surface area contributed by atoms with Crippen LogP contribution in [0, 0.1) is 10.1 Å². The minimum atomic E-state index is -0.388. The van der Waals surface area contributed by atoms with E-state index in [1.165, 1.54) is 11.9 Å². The Kier molecular flexibility index (Phi) is 5.97. The second-order valence-electron chi connectivity index (χ2n) is 6.54. The first kappa shape index (κ1) is 18.8. The van der Waals surface area contributed by atoms with Crippen molar-refractivity contribution in [2.75, 3.05) is 49.6 Å². The number of nitro groups is 1. The number of likely N-dealkylation sites (N-methyl/N-ethyl adjacent to an activating group) is 1. The minimum Gasteiger partial charge on any atom is -0.350 e. The molecule has 3 rings (SSSR count). The normalized spacial score (nSPS) is 14.8. The predicted molar refractivity (Wildman–Crippen MR) is 106 cm³/mol. The Morgan fingerprint density at radius 2 is 1.93 bits per heavy atom. The molecule has 0 atom stereocenters. The first-order valence-electron chi connectivity index (χ1n) is 8.92. The van der Waals surface area contributed by atoms with Crippen LogP contribution < -0.4 is 9.80 Å². The SMILES string of the molecule is C=CCN(C)c1ncnc(N2CCN(Cc3ccccc3)CC2)c1[N+](=O)[O-]. The second kappa shape index (κ2) is 8.59. The van der Waals surface area contributed by atoms with Gasteiger partial charge in [0.2, 0.25) is 11.6 Å². The van der Waals surface area contributed by atoms with E-state index in [1.807, 2.05) is 23.1 Å². The molecule has 1 aliphatic heterocycles. The summed E-state index contributed by atoms with van der Waals surface area (Å²) < 4.78 is 0. The van der Waals surface area contributed by atoms with Gasteiger partial charge in [-0.3, -0.25) is 15.0 Å². The maximum atomic E-state index is 11.7. The van der Waals surface area contributed by atoms with E-state index in [4.69, 9.17) is 0 Å². The summed E-state index contributed by atoms with van der Waals surface area (Å²) in [5.41, 5.74) is 1.23. The molecule has 27 heavy (non-hydrogen) atoms. The third-order valence-electron chi connectivity index (χ3n) is 4.65. The third kappa shape index (κ3) is 4.40. The lowest BCUT2D eigenvalue weighted by Gasteiger charge is -2.35. The van der Waals surface area contributed by atoms with Gasteiger partial charge in [0.25, 0.3) is 0 Å². The summed E-state index contributed by atoms with van der Waals surface area (Å²) >= 11 is 0. The molecular weight excluding hydrogens is 344 g/mol. The number of hydrogen-bond donors (Lipinski definition) is 0. The lowest BCUT2D eigenvalue weighted by molar-refractivity contribution is -0.383. The Balaban J connectivity index is 1.74. The first-order chi connectivity index (χ1) is 13.1. The third-order valence-corrected chi connectivity index (χ3v) is 4.65. The lowest BCUT2D eigenvalue weighted by Crippen LogP contribution is -2.46. The Morgan fingerprint density at radius 3 is 2.56 bits per heavy atom. The summed E-state index contributed by atoms with van der Waals surface area (Å²) in [5.74, 6) is 0.705. The van der Waals surface area contributed by atoms with E-state index < -0.39 is 0 Å². The number of aromatic nitrogens is 2. The van der Waals surface area contributed by atoms with Crippen LogP contribution in [0.2, 0.25) is 0 Å². The van der Waals surface area contributed by atoms with Crippen LogP contribution >= 0.6 is 0 Å². The fraction of sp³-hybridized carbons (Fsp3) is 0.368. The van der Waals surface area contributed by atoms with E-state index in [-0.39, 0.29) is 10.6 Å². The number of benzene rings is 1. The van der Waals surface area contributed by atoms with Crippen LogP contribution in [0.5, 0.6) is 0 Å². The average Bonchev–Trinajstić information content (AvgIpc) is 2.69. The van der Waals surface area contributed by atoms with Gasteiger partial charge in [-0.25, -0.2) is 9.97 Å². The fourth-order valence-electron chi connectivity index (χ4n) is 3.27. The van der Waals surface area contributed by atoms with E-state index >= 15 is 0 Å². The predicted octanol–water partition coefficient (Wildman–Crippen LogP) is 2.33. The zero-order chi connectivity index (χ0) is 19.2. The molecule has 0 spiro atoms. The largest absolute Gasteiger partial charge is 0.353 e. The summed E-state index contributed by atoms with van der Waals surface area (Å²) in [7, 11) is 1.76. The van der Waals surface area contributed by atoms with Crippen LogP contribution in [0.1, 0.15) is 5.56 Å². The standard InChI is InChI=1S/C19H24N6O2/c1-3-9-22(2)18-17(25(26)27)19(21-15-20-18)24-12-10-23(11-13-24)14-16-7-5-4-6-8-16/h3-8,15H,1,9-14H2,2H3. The van der Waals surface area contributed by atoms with Crippen molar-refractivity contribution in [1.82, 2.24) is 14.9 Å². The fourth-order valence-corrected chi connectivity index (χ4v) is 3.27. The molecule has 2 heterocycles. The van der Waals surface area contributed by atoms with Gasteiger partial charge in [0.1, 0.15) is 6.33 Å². The molecule has 0 amide bonds. The maximum absolute atomic E-state index is 11.7. The zero-order valence-electron chi connectivity index (χ0n) is 15.5. The Hall–Kier alpha value is -3.00. The van der Waals surface area contributed by atoms with Crippen molar-refractivity contribution < 1.29 is 4.92 Å². The van der Waals surface area contributed by atoms with Crippen molar-refractivity contribution in [3.05, 3.63) is 65.0 Å². The monoisotopic (exact) mass is 368 g/mol. The molecule has 142 valence electrons. The van der Waals surface area contributed by atoms with Crippen LogP contribution in [-0.4, -0.2) is 59.6 Å². The van der Waals surface area contributed by atoms with E-state index in [9.17, 15) is 10.1 Å². The van der Waals surface area contributed by atoms with E-state index in [1.54, 1.807) is 18.0 Å². The molecule has 8 heteroatoms. The summed E-state index contributed by atoms with van der Waals surface area (Å²) in [6.07, 6.45) is 3.08. The molecule has 1 fully saturated rings. The Bertz CT molecular complexity index is 790. The molecule has 1 saturated heterocycles. The van der Waals surface area contributed by atoms with Gasteiger partial charge in [0.05, 0.1) is 4.92 Å². The molecule has 0 aliphatic carbocycles. The van der Waals surface area contributed by atoms with Gasteiger partial charge in [-0.05, 0) is 5.56 Å². The number of nitrogens with zero attached hydrogens (tertiary/aromatic N) is 6. The second-order valence-corrected chi connectivity index (χ2v) is 6.54. The topological polar surface area (TPSA) is 78.6 Å². The van der Waals surface area contributed by atoms with Crippen LogP contribution in [0.4, 0.5) is 17.3 Å². The minimum absolute atomic E-state index is 0.0432. The van der Waals surface area contributed by atoms with Crippen molar-refractivity contribution in [2.24, 2.45) is 0 Å². The summed E-state index contributed by atoms with van der Waals surface area (Å²) in [5, 5.41) is 11.7. The van der Waals surface area contributed by atoms with Gasteiger partial charge < -0.3 is 9.80 Å². The quantitative estimate of drug-likeness (QED) is 0.422. The molecule has 0 radical (unpaired) electrons. The van der Waals surface area contributed by atoms with Crippen LogP contribution in [0.15, 0.2) is 49.3 Å². The van der Waals surface area contributed by atoms with Gasteiger partial charge in [-0.15, -0.1) is 6.58 Å². The molecule has 0 N–H and O–H groups in total. The highest BCUT2D eigenvalue weighted by Crippen LogP contribution is 2.34. The first-order valence-corrected chi connectivity index (χ1v) is 8.92. The average molecular weight is 368 g/mol. The van der Waals surface area contributed by atoms with Crippen molar-refractivity contribution in [1.29, 1.82) is 0 Å². The highest BCUT2D eigenvalue weighted by atomic mass is 16.6. The van der Waals surface area contributed by atoms with E-state index in [0.717, 1.165) is 19.6 Å². The van der Waals surface area contributed by atoms with Gasteiger partial charge in [-0.2, -0.15) is 0 Å². The molecule has 1 aliphatic rings. The van der Waals surface area contributed by atoms with Crippen LogP contribution in [0.3, 0.4) is 0 Å². The highest BCUT2D eigenvalue weighted by molar-refractivity contribution is 5.71. The van der Waals surface area contributed by atoms with Crippen molar-refractivity contribution >= 4 is 17.3 Å². The molecule has 0 saturated carbocycles. The molecule has 0 bridgehead atoms. The molecule has 2 aromatic rings. The Morgan fingerprint density at radius 1 is 1.22 bits per heavy atom. The van der Waals surface area contributed by atoms with Crippen LogP contribution in [-0.2, 0) is 6.54 Å². The highest BCUT2D eigenvalue weighted by Gasteiger charge is 2.30. The summed E-state index contributed by atoms with van der Waals surface area (Å²) in [4.78, 5) is 25.8. The maximum Gasteiger partial charge on any atom is 0.353 e. The lowest BCUT2D eigenvalue weighted by atomic mass is 10.2. The smallest absolute Gasteiger partial charge is 0.350 e. The van der Waals surface area contributed by atoms with Crippen molar-refractivity contribution in [3.8, 4) is 0 Å². The van der Waals surface area contributed by atoms with Crippen molar-refractivity contribution in [3.63, 3.8) is 0 Å². The van der Waals surface area contributed by atoms with Gasteiger partial charge >= 0.3 is 5.69 Å². The Labute approximate surface area is 158 Å². The van der Waals surface area contributed by atoms with Crippen LogP contribution in [0.25, 0.3) is 0 Å². The molecule has 1 aromatic heterocycles. The summed E-state index contributed by atoms with van der Waals surface area (Å²) in [6, 6.07) is 10.3. The molecule has 8 nitrogen and oxygen atoms in total. The number of hydrogen-bond acceptors (Lipinski definition) is 7. The number of piperazine rings is 1.